The van der Waals surface area contributed by atoms with Gasteiger partial charge in [0.15, 0.2) is 0 Å². The van der Waals surface area contributed by atoms with Gasteiger partial charge in [-0.2, -0.15) is 5.10 Å². The van der Waals surface area contributed by atoms with Crippen LogP contribution in [0, 0.1) is 11.7 Å². The Hall–Kier alpha value is -3.22. The maximum absolute atomic E-state index is 13.2. The Morgan fingerprint density at radius 2 is 1.64 bits per heavy atom. The topological polar surface area (TPSA) is 57.1 Å². The predicted molar refractivity (Wildman–Crippen MR) is 126 cm³/mol. The minimum atomic E-state index is -0.225. The van der Waals surface area contributed by atoms with E-state index in [9.17, 15) is 4.39 Å². The van der Waals surface area contributed by atoms with Crippen molar-refractivity contribution in [3.63, 3.8) is 0 Å². The van der Waals surface area contributed by atoms with Gasteiger partial charge in [-0.15, -0.1) is 0 Å². The van der Waals surface area contributed by atoms with Crippen molar-refractivity contribution >= 4 is 0 Å². The van der Waals surface area contributed by atoms with E-state index >= 15 is 0 Å². The van der Waals surface area contributed by atoms with E-state index in [-0.39, 0.29) is 11.9 Å². The monoisotopic (exact) mass is 442 g/mol. The van der Waals surface area contributed by atoms with E-state index in [1.54, 1.807) is 12.1 Å². The van der Waals surface area contributed by atoms with Gasteiger partial charge in [0.25, 0.3) is 0 Å². The van der Waals surface area contributed by atoms with Crippen LogP contribution in [-0.4, -0.2) is 40.8 Å². The van der Waals surface area contributed by atoms with Crippen molar-refractivity contribution in [1.82, 2.24) is 20.4 Å². The van der Waals surface area contributed by atoms with Crippen molar-refractivity contribution in [2.45, 2.75) is 24.9 Å². The molecule has 0 spiro atoms. The Morgan fingerprint density at radius 3 is 2.27 bits per heavy atom. The lowest BCUT2D eigenvalue weighted by Crippen LogP contribution is -2.56. The summed E-state index contributed by atoms with van der Waals surface area (Å²) < 4.78 is 19.6. The number of rotatable bonds is 6. The Kier molecular flexibility index (Phi) is 5.32. The molecule has 7 rings (SSSR count). The van der Waals surface area contributed by atoms with Crippen LogP contribution in [0.5, 0.6) is 0 Å². The minimum absolute atomic E-state index is 0.0402. The summed E-state index contributed by atoms with van der Waals surface area (Å²) in [6.07, 6.45) is 6.34. The molecule has 2 atom stereocenters. The number of hydrogen-bond acceptors (Lipinski definition) is 4. The second-order valence-electron chi connectivity index (χ2n) is 9.16. The summed E-state index contributed by atoms with van der Waals surface area (Å²) in [6.45, 7) is 3.54. The molecule has 3 saturated heterocycles. The lowest BCUT2D eigenvalue weighted by atomic mass is 9.83. The summed E-state index contributed by atoms with van der Waals surface area (Å²) in [4.78, 5) is 2.56. The van der Waals surface area contributed by atoms with E-state index in [0.717, 1.165) is 46.2 Å². The summed E-state index contributed by atoms with van der Waals surface area (Å²) >= 11 is 0. The van der Waals surface area contributed by atoms with E-state index in [1.807, 2.05) is 30.6 Å². The Morgan fingerprint density at radius 1 is 0.939 bits per heavy atom. The molecule has 0 amide bonds. The van der Waals surface area contributed by atoms with Crippen molar-refractivity contribution in [2.24, 2.45) is 5.92 Å². The molecule has 2 bridgehead atoms. The first kappa shape index (κ1) is 20.4. The second kappa shape index (κ2) is 8.61. The number of aromatic nitrogens is 2. The van der Waals surface area contributed by atoms with Gasteiger partial charge in [-0.25, -0.2) is 4.39 Å². The lowest BCUT2D eigenvalue weighted by molar-refractivity contribution is 0.0680. The van der Waals surface area contributed by atoms with E-state index in [1.165, 1.54) is 38.1 Å². The first-order valence-electron chi connectivity index (χ1n) is 11.7. The lowest BCUT2D eigenvalue weighted by Gasteiger charge is -2.46. The number of hydrogen-bond donors (Lipinski definition) is 2. The summed E-state index contributed by atoms with van der Waals surface area (Å²) in [5.41, 5.74) is 4.13. The molecule has 2 aromatic heterocycles. The highest BCUT2D eigenvalue weighted by molar-refractivity contribution is 5.68. The zero-order chi connectivity index (χ0) is 22.2. The maximum Gasteiger partial charge on any atom is 0.134 e. The number of halogens is 1. The third-order valence-corrected chi connectivity index (χ3v) is 7.15. The fraction of sp³-hybridized carbons (Fsp3) is 0.296. The van der Waals surface area contributed by atoms with Crippen LogP contribution in [0.4, 0.5) is 4.39 Å². The normalized spacial score (nSPS) is 23.0. The molecule has 2 N–H and O–H groups in total. The first-order chi connectivity index (χ1) is 16.2. The molecule has 0 radical (unpaired) electrons. The van der Waals surface area contributed by atoms with Crippen LogP contribution in [0.3, 0.4) is 0 Å². The van der Waals surface area contributed by atoms with Gasteiger partial charge in [0.1, 0.15) is 17.3 Å². The van der Waals surface area contributed by atoms with Gasteiger partial charge in [-0.3, -0.25) is 10.4 Å². The highest BCUT2D eigenvalue weighted by Crippen LogP contribution is 2.33. The van der Waals surface area contributed by atoms with Crippen LogP contribution >= 0.6 is 0 Å². The fourth-order valence-electron chi connectivity index (χ4n) is 5.26. The van der Waals surface area contributed by atoms with Gasteiger partial charge in [0.05, 0.1) is 12.2 Å². The van der Waals surface area contributed by atoms with Gasteiger partial charge in [-0.05, 0) is 67.2 Å². The van der Waals surface area contributed by atoms with Gasteiger partial charge >= 0.3 is 0 Å². The van der Waals surface area contributed by atoms with Crippen LogP contribution in [0.15, 0.2) is 77.5 Å². The van der Waals surface area contributed by atoms with Crippen LogP contribution in [-0.2, 0) is 0 Å². The van der Waals surface area contributed by atoms with Crippen molar-refractivity contribution in [3.8, 4) is 22.5 Å². The molecule has 168 valence electrons. The molecular weight excluding hydrogens is 415 g/mol. The first-order valence-corrected chi connectivity index (χ1v) is 11.7. The number of benzene rings is 2. The molecule has 3 aliphatic rings. The standard InChI is InChI=1S/C27H27FN4O/c28-23-7-5-19(6-8-23)18-1-3-21(4-2-18)25-9-10-26(33-25)27(22-15-29-30-16-22)31-24-17-32-13-11-20(24)12-14-32/h1-10,15-16,20,24,27,31H,11-14,17H2,(H,29,30). The van der Waals surface area contributed by atoms with Crippen LogP contribution in [0.2, 0.25) is 0 Å². The molecule has 2 aromatic carbocycles. The quantitative estimate of drug-likeness (QED) is 0.428. The zero-order valence-electron chi connectivity index (χ0n) is 18.4. The number of nitrogens with one attached hydrogen (secondary N) is 2. The predicted octanol–water partition coefficient (Wildman–Crippen LogP) is 5.25. The molecule has 0 aliphatic carbocycles. The van der Waals surface area contributed by atoms with E-state index in [2.05, 4.69) is 38.6 Å². The third-order valence-electron chi connectivity index (χ3n) is 7.15. The molecule has 0 saturated carbocycles. The van der Waals surface area contributed by atoms with Crippen molar-refractivity contribution < 1.29 is 8.81 Å². The molecule has 3 aliphatic heterocycles. The molecule has 3 fully saturated rings. The van der Waals surface area contributed by atoms with Gasteiger partial charge in [-0.1, -0.05) is 36.4 Å². The molecular formula is C27H27FN4O. The summed E-state index contributed by atoms with van der Waals surface area (Å²) in [5.74, 6) is 2.22. The van der Waals surface area contributed by atoms with E-state index in [0.29, 0.717) is 6.04 Å². The van der Waals surface area contributed by atoms with Gasteiger partial charge in [0, 0.05) is 29.9 Å². The van der Waals surface area contributed by atoms with Crippen molar-refractivity contribution in [1.29, 1.82) is 0 Å². The van der Waals surface area contributed by atoms with Crippen LogP contribution in [0.1, 0.15) is 30.2 Å². The van der Waals surface area contributed by atoms with Crippen molar-refractivity contribution in [3.05, 3.63) is 90.2 Å². The molecule has 6 heteroatoms. The van der Waals surface area contributed by atoms with E-state index < -0.39 is 0 Å². The Labute approximate surface area is 192 Å². The van der Waals surface area contributed by atoms with Crippen LogP contribution < -0.4 is 5.32 Å². The molecule has 5 heterocycles. The van der Waals surface area contributed by atoms with Crippen molar-refractivity contribution in [2.75, 3.05) is 19.6 Å². The average Bonchev–Trinajstić information content (AvgIpc) is 3.57. The van der Waals surface area contributed by atoms with Gasteiger partial charge < -0.3 is 9.32 Å². The highest BCUT2D eigenvalue weighted by Gasteiger charge is 2.36. The minimum Gasteiger partial charge on any atom is -0.459 e. The molecule has 5 nitrogen and oxygen atoms in total. The molecule has 33 heavy (non-hydrogen) atoms. The van der Waals surface area contributed by atoms with Crippen LogP contribution in [0.25, 0.3) is 22.5 Å². The Bertz CT molecular complexity index is 1190. The Balaban J connectivity index is 1.24. The summed E-state index contributed by atoms with van der Waals surface area (Å²) in [7, 11) is 0. The van der Waals surface area contributed by atoms with Gasteiger partial charge in [0.2, 0.25) is 0 Å². The number of H-pyrrole nitrogens is 1. The largest absolute Gasteiger partial charge is 0.459 e. The number of piperidine rings is 3. The average molecular weight is 443 g/mol. The molecule has 4 aromatic rings. The number of furan rings is 1. The fourth-order valence-corrected chi connectivity index (χ4v) is 5.26. The number of fused-ring (bicyclic) bond motifs is 3. The van der Waals surface area contributed by atoms with E-state index in [4.69, 9.17) is 4.42 Å². The molecule has 2 unspecified atom stereocenters. The second-order valence-corrected chi connectivity index (χ2v) is 9.16. The number of nitrogens with zero attached hydrogens (tertiary/aromatic N) is 2. The highest BCUT2D eigenvalue weighted by atomic mass is 19.1. The zero-order valence-corrected chi connectivity index (χ0v) is 18.4. The number of aromatic amines is 1. The summed E-state index contributed by atoms with van der Waals surface area (Å²) in [5, 5.41) is 11.0. The maximum atomic E-state index is 13.2. The SMILES string of the molecule is Fc1ccc(-c2ccc(-c3ccc(C(NC4CN5CCC4CC5)c4cn[nH]c4)o3)cc2)cc1. The summed E-state index contributed by atoms with van der Waals surface area (Å²) in [6, 6.07) is 19.3. The third kappa shape index (κ3) is 4.12. The smallest absolute Gasteiger partial charge is 0.134 e.